The SMILES string of the molecule is COc1ccccc1C=CC(=O)NC(=S)NNC(=O)COc1ccc2ccccc2c1. The first-order chi connectivity index (χ1) is 15.0. The Morgan fingerprint density at radius 1 is 0.968 bits per heavy atom. The Morgan fingerprint density at radius 3 is 2.52 bits per heavy atom. The molecule has 3 aromatic rings. The normalized spacial score (nSPS) is 10.5. The van der Waals surface area contributed by atoms with Crippen molar-refractivity contribution in [3.8, 4) is 11.5 Å². The minimum absolute atomic E-state index is 0.0475. The maximum absolute atomic E-state index is 12.0. The first-order valence-corrected chi connectivity index (χ1v) is 9.78. The van der Waals surface area contributed by atoms with E-state index in [-0.39, 0.29) is 11.7 Å². The number of rotatable bonds is 6. The number of methoxy groups -OCH3 is 1. The first-order valence-electron chi connectivity index (χ1n) is 9.37. The number of fused-ring (bicyclic) bond motifs is 1. The van der Waals surface area contributed by atoms with Crippen LogP contribution < -0.4 is 25.6 Å². The van der Waals surface area contributed by atoms with Gasteiger partial charge in [-0.15, -0.1) is 0 Å². The van der Waals surface area contributed by atoms with Gasteiger partial charge in [0.15, 0.2) is 11.7 Å². The highest BCUT2D eigenvalue weighted by Crippen LogP contribution is 2.20. The number of carbonyl (C=O) groups is 2. The zero-order valence-electron chi connectivity index (χ0n) is 16.8. The van der Waals surface area contributed by atoms with Crippen LogP contribution in [0.3, 0.4) is 0 Å². The number of para-hydroxylation sites is 1. The smallest absolute Gasteiger partial charge is 0.276 e. The molecule has 158 valence electrons. The van der Waals surface area contributed by atoms with Crippen LogP contribution in [0.25, 0.3) is 16.8 Å². The minimum atomic E-state index is -0.454. The Bertz CT molecular complexity index is 1130. The molecule has 0 spiro atoms. The summed E-state index contributed by atoms with van der Waals surface area (Å²) in [6.45, 7) is -0.213. The molecule has 0 radical (unpaired) electrons. The quantitative estimate of drug-likeness (QED) is 0.313. The van der Waals surface area contributed by atoms with E-state index in [1.165, 1.54) is 6.08 Å². The molecule has 0 aromatic heterocycles. The molecule has 0 fully saturated rings. The first kappa shape index (κ1) is 21.8. The zero-order chi connectivity index (χ0) is 22.1. The third-order valence-electron chi connectivity index (χ3n) is 4.20. The molecule has 2 amide bonds. The lowest BCUT2D eigenvalue weighted by atomic mass is 10.1. The molecule has 0 bridgehead atoms. The van der Waals surface area contributed by atoms with E-state index >= 15 is 0 Å². The van der Waals surface area contributed by atoms with Crippen molar-refractivity contribution in [2.75, 3.05) is 13.7 Å². The lowest BCUT2D eigenvalue weighted by Gasteiger charge is -2.11. The van der Waals surface area contributed by atoms with Gasteiger partial charge in [-0.2, -0.15) is 0 Å². The standard InChI is InChI=1S/C23H21N3O4S/c1-29-20-9-5-4-7-17(20)11-13-21(27)24-23(31)26-25-22(28)15-30-19-12-10-16-6-2-3-8-18(16)14-19/h2-14H,15H2,1H3,(H,25,28)(H2,24,26,27,31). The van der Waals surface area contributed by atoms with Gasteiger partial charge < -0.3 is 9.47 Å². The van der Waals surface area contributed by atoms with Crippen molar-refractivity contribution in [3.05, 3.63) is 78.4 Å². The Kier molecular flexibility index (Phi) is 7.56. The zero-order valence-corrected chi connectivity index (χ0v) is 17.6. The second-order valence-electron chi connectivity index (χ2n) is 6.36. The summed E-state index contributed by atoms with van der Waals surface area (Å²) in [5.41, 5.74) is 5.58. The number of hydrazine groups is 1. The summed E-state index contributed by atoms with van der Waals surface area (Å²) in [7, 11) is 1.55. The Hall–Kier alpha value is -3.91. The highest BCUT2D eigenvalue weighted by Gasteiger charge is 2.06. The Morgan fingerprint density at radius 2 is 1.71 bits per heavy atom. The highest BCUT2D eigenvalue weighted by atomic mass is 32.1. The summed E-state index contributed by atoms with van der Waals surface area (Å²) in [4.78, 5) is 23.9. The number of hydrogen-bond donors (Lipinski definition) is 3. The van der Waals surface area contributed by atoms with Crippen molar-refractivity contribution < 1.29 is 19.1 Å². The number of ether oxygens (including phenoxy) is 2. The van der Waals surface area contributed by atoms with Crippen LogP contribution in [-0.4, -0.2) is 30.6 Å². The number of thiocarbonyl (C=S) groups is 1. The fraction of sp³-hybridized carbons (Fsp3) is 0.0870. The monoisotopic (exact) mass is 435 g/mol. The van der Waals surface area contributed by atoms with Crippen molar-refractivity contribution in [2.24, 2.45) is 0 Å². The fourth-order valence-electron chi connectivity index (χ4n) is 2.72. The van der Waals surface area contributed by atoms with Gasteiger partial charge in [0.25, 0.3) is 5.91 Å². The molecule has 3 rings (SSSR count). The molecular weight excluding hydrogens is 414 g/mol. The van der Waals surface area contributed by atoms with E-state index in [1.807, 2.05) is 54.6 Å². The van der Waals surface area contributed by atoms with Crippen molar-refractivity contribution in [2.45, 2.75) is 0 Å². The van der Waals surface area contributed by atoms with Crippen molar-refractivity contribution in [3.63, 3.8) is 0 Å². The average Bonchev–Trinajstić information content (AvgIpc) is 2.80. The summed E-state index contributed by atoms with van der Waals surface area (Å²) < 4.78 is 10.7. The van der Waals surface area contributed by atoms with Crippen LogP contribution in [0.15, 0.2) is 72.8 Å². The van der Waals surface area contributed by atoms with Crippen LogP contribution >= 0.6 is 12.2 Å². The minimum Gasteiger partial charge on any atom is -0.496 e. The summed E-state index contributed by atoms with van der Waals surface area (Å²) in [6.07, 6.45) is 2.92. The molecule has 0 aliphatic carbocycles. The fourth-order valence-corrected chi connectivity index (χ4v) is 2.87. The van der Waals surface area contributed by atoms with Gasteiger partial charge in [0.2, 0.25) is 5.91 Å². The summed E-state index contributed by atoms with van der Waals surface area (Å²) in [6, 6.07) is 20.7. The van der Waals surface area contributed by atoms with E-state index in [9.17, 15) is 9.59 Å². The van der Waals surface area contributed by atoms with Crippen LogP contribution in [-0.2, 0) is 9.59 Å². The van der Waals surface area contributed by atoms with E-state index in [1.54, 1.807) is 25.3 Å². The molecule has 0 unspecified atom stereocenters. The topological polar surface area (TPSA) is 88.7 Å². The van der Waals surface area contributed by atoms with Crippen LogP contribution in [0.4, 0.5) is 0 Å². The molecule has 7 nitrogen and oxygen atoms in total. The molecule has 0 aliphatic rings. The maximum atomic E-state index is 12.0. The maximum Gasteiger partial charge on any atom is 0.276 e. The number of amides is 2. The van der Waals surface area contributed by atoms with Gasteiger partial charge in [-0.25, -0.2) is 0 Å². The lowest BCUT2D eigenvalue weighted by molar-refractivity contribution is -0.123. The van der Waals surface area contributed by atoms with Gasteiger partial charge >= 0.3 is 0 Å². The molecule has 0 atom stereocenters. The predicted octanol–water partition coefficient (Wildman–Crippen LogP) is 2.96. The molecule has 3 N–H and O–H groups in total. The van der Waals surface area contributed by atoms with Gasteiger partial charge in [0, 0.05) is 11.6 Å². The molecule has 8 heteroatoms. The Labute approximate surface area is 185 Å². The van der Waals surface area contributed by atoms with Crippen LogP contribution in [0, 0.1) is 0 Å². The van der Waals surface area contributed by atoms with E-state index in [2.05, 4.69) is 16.2 Å². The molecule has 0 saturated heterocycles. The van der Waals surface area contributed by atoms with E-state index in [0.29, 0.717) is 11.5 Å². The van der Waals surface area contributed by atoms with E-state index in [0.717, 1.165) is 16.3 Å². The highest BCUT2D eigenvalue weighted by molar-refractivity contribution is 7.80. The lowest BCUT2D eigenvalue weighted by Crippen LogP contribution is -2.49. The molecule has 0 heterocycles. The second kappa shape index (κ2) is 10.7. The van der Waals surface area contributed by atoms with E-state index < -0.39 is 11.8 Å². The average molecular weight is 436 g/mol. The second-order valence-corrected chi connectivity index (χ2v) is 6.77. The van der Waals surface area contributed by atoms with Crippen molar-refractivity contribution in [1.82, 2.24) is 16.2 Å². The molecule has 0 aliphatic heterocycles. The van der Waals surface area contributed by atoms with Gasteiger partial charge in [-0.1, -0.05) is 48.5 Å². The van der Waals surface area contributed by atoms with Crippen LogP contribution in [0.1, 0.15) is 5.56 Å². The molecule has 0 saturated carbocycles. The van der Waals surface area contributed by atoms with Gasteiger partial charge in [-0.3, -0.25) is 25.8 Å². The predicted molar refractivity (Wildman–Crippen MR) is 123 cm³/mol. The molecule has 31 heavy (non-hydrogen) atoms. The molecular formula is C23H21N3O4S. The van der Waals surface area contributed by atoms with Gasteiger partial charge in [0.05, 0.1) is 7.11 Å². The number of hydrogen-bond acceptors (Lipinski definition) is 5. The van der Waals surface area contributed by atoms with E-state index in [4.69, 9.17) is 21.7 Å². The molecule has 3 aromatic carbocycles. The number of nitrogens with one attached hydrogen (secondary N) is 3. The van der Waals surface area contributed by atoms with Crippen LogP contribution in [0.5, 0.6) is 11.5 Å². The van der Waals surface area contributed by atoms with Crippen molar-refractivity contribution >= 4 is 46.0 Å². The summed E-state index contributed by atoms with van der Waals surface area (Å²) in [5.74, 6) is 0.316. The number of benzene rings is 3. The summed E-state index contributed by atoms with van der Waals surface area (Å²) in [5, 5.41) is 4.49. The van der Waals surface area contributed by atoms with Crippen molar-refractivity contribution in [1.29, 1.82) is 0 Å². The third-order valence-corrected chi connectivity index (χ3v) is 4.40. The van der Waals surface area contributed by atoms with Crippen LogP contribution in [0.2, 0.25) is 0 Å². The van der Waals surface area contributed by atoms with Gasteiger partial charge in [0.1, 0.15) is 11.5 Å². The number of carbonyl (C=O) groups excluding carboxylic acids is 2. The summed E-state index contributed by atoms with van der Waals surface area (Å²) >= 11 is 5.00. The third kappa shape index (κ3) is 6.55. The largest absolute Gasteiger partial charge is 0.496 e. The Balaban J connectivity index is 1.41. The van der Waals surface area contributed by atoms with Gasteiger partial charge in [-0.05, 0) is 47.3 Å².